The number of aromatic nitrogens is 3. The van der Waals surface area contributed by atoms with Crippen molar-refractivity contribution in [2.45, 2.75) is 19.0 Å². The maximum Gasteiger partial charge on any atom is 0.271 e. The molecule has 1 amide bonds. The minimum atomic E-state index is -0.493. The van der Waals surface area contributed by atoms with Gasteiger partial charge in [-0.2, -0.15) is 0 Å². The number of rotatable bonds is 8. The van der Waals surface area contributed by atoms with Gasteiger partial charge in [0.25, 0.3) is 5.69 Å². The molecule has 0 spiro atoms. The van der Waals surface area contributed by atoms with Crippen LogP contribution >= 0.6 is 11.8 Å². The first-order chi connectivity index (χ1) is 16.9. The number of methoxy groups -OCH3 is 1. The Morgan fingerprint density at radius 3 is 2.54 bits per heavy atom. The fourth-order valence-corrected chi connectivity index (χ4v) is 4.22. The predicted octanol–water partition coefficient (Wildman–Crippen LogP) is 5.20. The summed E-state index contributed by atoms with van der Waals surface area (Å²) in [6.07, 6.45) is 0. The van der Waals surface area contributed by atoms with Crippen LogP contribution in [0.2, 0.25) is 0 Å². The van der Waals surface area contributed by atoms with E-state index in [0.717, 1.165) is 22.4 Å². The molecular formula is C25H23N5O4S. The van der Waals surface area contributed by atoms with Gasteiger partial charge in [0.1, 0.15) is 5.75 Å². The zero-order chi connectivity index (χ0) is 24.9. The summed E-state index contributed by atoms with van der Waals surface area (Å²) in [5, 5.41) is 23.1. The standard InChI is InChI=1S/C25H23N5O4S/c1-16-8-11-18(12-9-16)29-24(20-6-4-5-7-22(20)34-3)27-28-25(29)35-15-23(31)26-21-14-19(30(32)33)13-10-17(21)2/h4-14H,15H2,1-3H3,(H,26,31). The molecule has 0 fully saturated rings. The minimum Gasteiger partial charge on any atom is -0.496 e. The van der Waals surface area contributed by atoms with Crippen molar-refractivity contribution in [3.63, 3.8) is 0 Å². The molecule has 0 aliphatic heterocycles. The topological polar surface area (TPSA) is 112 Å². The average Bonchev–Trinajstić information content (AvgIpc) is 3.28. The highest BCUT2D eigenvalue weighted by molar-refractivity contribution is 7.99. The number of nitrogens with one attached hydrogen (secondary N) is 1. The minimum absolute atomic E-state index is 0.0397. The van der Waals surface area contributed by atoms with E-state index in [9.17, 15) is 14.9 Å². The molecule has 0 bridgehead atoms. The van der Waals surface area contributed by atoms with Crippen LogP contribution in [0.4, 0.5) is 11.4 Å². The van der Waals surface area contributed by atoms with Crippen LogP contribution in [0.5, 0.6) is 5.75 Å². The number of benzene rings is 3. The third kappa shape index (κ3) is 5.33. The van der Waals surface area contributed by atoms with Crippen LogP contribution in [0, 0.1) is 24.0 Å². The van der Waals surface area contributed by atoms with Gasteiger partial charge in [-0.1, -0.05) is 47.7 Å². The number of anilines is 1. The number of aryl methyl sites for hydroxylation is 2. The first-order valence-corrected chi connectivity index (χ1v) is 11.7. The normalized spacial score (nSPS) is 10.7. The summed E-state index contributed by atoms with van der Waals surface area (Å²) in [7, 11) is 1.60. The lowest BCUT2D eigenvalue weighted by molar-refractivity contribution is -0.384. The van der Waals surface area contributed by atoms with Gasteiger partial charge in [-0.05, 0) is 43.7 Å². The van der Waals surface area contributed by atoms with Gasteiger partial charge < -0.3 is 10.1 Å². The van der Waals surface area contributed by atoms with Crippen molar-refractivity contribution in [3.8, 4) is 22.8 Å². The highest BCUT2D eigenvalue weighted by Gasteiger charge is 2.20. The van der Waals surface area contributed by atoms with Gasteiger partial charge in [-0.25, -0.2) is 0 Å². The van der Waals surface area contributed by atoms with Crippen LogP contribution in [0.3, 0.4) is 0 Å². The second kappa shape index (κ2) is 10.4. The summed E-state index contributed by atoms with van der Waals surface area (Å²) in [6.45, 7) is 3.78. The number of amides is 1. The zero-order valence-corrected chi connectivity index (χ0v) is 20.2. The number of hydrogen-bond acceptors (Lipinski definition) is 7. The lowest BCUT2D eigenvalue weighted by Gasteiger charge is -2.13. The van der Waals surface area contributed by atoms with Crippen molar-refractivity contribution in [1.29, 1.82) is 0 Å². The quantitative estimate of drug-likeness (QED) is 0.206. The van der Waals surface area contributed by atoms with Gasteiger partial charge in [-0.15, -0.1) is 10.2 Å². The van der Waals surface area contributed by atoms with Crippen LogP contribution in [-0.2, 0) is 4.79 Å². The van der Waals surface area contributed by atoms with E-state index in [-0.39, 0.29) is 17.3 Å². The summed E-state index contributed by atoms with van der Waals surface area (Å²) in [4.78, 5) is 23.3. The second-order valence-electron chi connectivity index (χ2n) is 7.77. The molecular weight excluding hydrogens is 466 g/mol. The summed E-state index contributed by atoms with van der Waals surface area (Å²) in [5.74, 6) is 0.973. The first kappa shape index (κ1) is 24.0. The van der Waals surface area contributed by atoms with Gasteiger partial charge in [0, 0.05) is 17.8 Å². The van der Waals surface area contributed by atoms with Crippen molar-refractivity contribution in [1.82, 2.24) is 14.8 Å². The van der Waals surface area contributed by atoms with Crippen molar-refractivity contribution in [3.05, 3.63) is 88.0 Å². The number of hydrogen-bond donors (Lipinski definition) is 1. The molecule has 178 valence electrons. The third-order valence-electron chi connectivity index (χ3n) is 5.31. The Morgan fingerprint density at radius 1 is 1.09 bits per heavy atom. The van der Waals surface area contributed by atoms with Crippen LogP contribution < -0.4 is 10.1 Å². The van der Waals surface area contributed by atoms with Gasteiger partial charge in [0.2, 0.25) is 5.91 Å². The molecule has 4 rings (SSSR count). The van der Waals surface area contributed by atoms with E-state index in [1.165, 1.54) is 23.9 Å². The Labute approximate surface area is 206 Å². The Kier molecular flexibility index (Phi) is 7.11. The zero-order valence-electron chi connectivity index (χ0n) is 19.4. The fraction of sp³-hybridized carbons (Fsp3) is 0.160. The van der Waals surface area contributed by atoms with Crippen LogP contribution in [-0.4, -0.2) is 38.5 Å². The Hall–Kier alpha value is -4.18. The maximum absolute atomic E-state index is 12.7. The molecule has 0 unspecified atom stereocenters. The van der Waals surface area contributed by atoms with Gasteiger partial charge >= 0.3 is 0 Å². The summed E-state index contributed by atoms with van der Waals surface area (Å²) in [6, 6.07) is 19.8. The maximum atomic E-state index is 12.7. The second-order valence-corrected chi connectivity index (χ2v) is 8.71. The third-order valence-corrected chi connectivity index (χ3v) is 6.24. The highest BCUT2D eigenvalue weighted by Crippen LogP contribution is 2.33. The molecule has 0 atom stereocenters. The summed E-state index contributed by atoms with van der Waals surface area (Å²) < 4.78 is 7.40. The molecule has 9 nitrogen and oxygen atoms in total. The summed E-state index contributed by atoms with van der Waals surface area (Å²) in [5.41, 5.74) is 3.78. The molecule has 1 aromatic heterocycles. The van der Waals surface area contributed by atoms with Gasteiger partial charge in [0.05, 0.1) is 29.0 Å². The molecule has 0 radical (unpaired) electrons. The number of thioether (sulfide) groups is 1. The number of carbonyl (C=O) groups is 1. The lowest BCUT2D eigenvalue weighted by Crippen LogP contribution is -2.15. The average molecular weight is 490 g/mol. The van der Waals surface area contributed by atoms with E-state index in [4.69, 9.17) is 4.74 Å². The van der Waals surface area contributed by atoms with Crippen molar-refractivity contribution < 1.29 is 14.5 Å². The monoisotopic (exact) mass is 489 g/mol. The van der Waals surface area contributed by atoms with Crippen molar-refractivity contribution in [2.75, 3.05) is 18.2 Å². The molecule has 0 aliphatic carbocycles. The Bertz CT molecular complexity index is 1390. The number of nitro benzene ring substituents is 1. The Balaban J connectivity index is 1.62. The fourth-order valence-electron chi connectivity index (χ4n) is 3.47. The van der Waals surface area contributed by atoms with Gasteiger partial charge in [0.15, 0.2) is 11.0 Å². The number of ether oxygens (including phenoxy) is 1. The van der Waals surface area contributed by atoms with Crippen LogP contribution in [0.25, 0.3) is 17.1 Å². The van der Waals surface area contributed by atoms with Crippen molar-refractivity contribution in [2.24, 2.45) is 0 Å². The predicted molar refractivity (Wildman–Crippen MR) is 135 cm³/mol. The molecule has 1 heterocycles. The molecule has 0 saturated heterocycles. The SMILES string of the molecule is COc1ccccc1-c1nnc(SCC(=O)Nc2cc([N+](=O)[O-])ccc2C)n1-c1ccc(C)cc1. The number of carbonyl (C=O) groups excluding carboxylic acids is 1. The first-order valence-electron chi connectivity index (χ1n) is 10.7. The molecule has 3 aromatic carbocycles. The van der Waals surface area contributed by atoms with E-state index in [1.54, 1.807) is 20.1 Å². The molecule has 35 heavy (non-hydrogen) atoms. The smallest absolute Gasteiger partial charge is 0.271 e. The number of non-ortho nitro benzene ring substituents is 1. The van der Waals surface area contributed by atoms with Gasteiger partial charge in [-0.3, -0.25) is 19.5 Å². The van der Waals surface area contributed by atoms with E-state index < -0.39 is 4.92 Å². The number of nitro groups is 1. The van der Waals surface area contributed by atoms with Crippen LogP contribution in [0.15, 0.2) is 71.9 Å². The van der Waals surface area contributed by atoms with Crippen molar-refractivity contribution >= 4 is 29.0 Å². The highest BCUT2D eigenvalue weighted by atomic mass is 32.2. The molecule has 4 aromatic rings. The van der Waals surface area contributed by atoms with E-state index >= 15 is 0 Å². The largest absolute Gasteiger partial charge is 0.496 e. The van der Waals surface area contributed by atoms with E-state index in [1.807, 2.05) is 60.0 Å². The molecule has 10 heteroatoms. The summed E-state index contributed by atoms with van der Waals surface area (Å²) >= 11 is 1.22. The lowest BCUT2D eigenvalue weighted by atomic mass is 10.1. The molecule has 0 aliphatic rings. The molecule has 0 saturated carbocycles. The van der Waals surface area contributed by atoms with E-state index in [0.29, 0.717) is 22.4 Å². The van der Waals surface area contributed by atoms with E-state index in [2.05, 4.69) is 15.5 Å². The number of nitrogens with zero attached hydrogens (tertiary/aromatic N) is 4. The molecule has 1 N–H and O–H groups in total. The Morgan fingerprint density at radius 2 is 1.83 bits per heavy atom. The van der Waals surface area contributed by atoms with Crippen LogP contribution in [0.1, 0.15) is 11.1 Å². The number of para-hydroxylation sites is 1.